The second kappa shape index (κ2) is 6.80. The van der Waals surface area contributed by atoms with Crippen LogP contribution < -0.4 is 0 Å². The lowest BCUT2D eigenvalue weighted by Crippen LogP contribution is -2.23. The van der Waals surface area contributed by atoms with Crippen molar-refractivity contribution < 1.29 is 9.53 Å². The molecule has 3 heterocycles. The lowest BCUT2D eigenvalue weighted by molar-refractivity contribution is 0.133. The van der Waals surface area contributed by atoms with Crippen molar-refractivity contribution in [2.24, 2.45) is 0 Å². The van der Waals surface area contributed by atoms with Gasteiger partial charge in [-0.2, -0.15) is 0 Å². The van der Waals surface area contributed by atoms with Crippen molar-refractivity contribution in [3.8, 4) is 11.3 Å². The highest BCUT2D eigenvalue weighted by Crippen LogP contribution is 2.38. The smallest absolute Gasteiger partial charge is 0.417 e. The molecule has 1 aromatic carbocycles. The highest BCUT2D eigenvalue weighted by Gasteiger charge is 2.27. The van der Waals surface area contributed by atoms with E-state index < -0.39 is 0 Å². The number of fused-ring (bicyclic) bond motifs is 1. The van der Waals surface area contributed by atoms with Crippen LogP contribution in [0.4, 0.5) is 4.79 Å². The first kappa shape index (κ1) is 16.0. The molecule has 0 saturated carbocycles. The Kier molecular flexibility index (Phi) is 4.36. The zero-order valence-electron chi connectivity index (χ0n) is 14.0. The molecular formula is C19H19N3O2S. The molecule has 5 nitrogen and oxygen atoms in total. The van der Waals surface area contributed by atoms with Crippen molar-refractivity contribution in [1.29, 1.82) is 0 Å². The highest BCUT2D eigenvalue weighted by molar-refractivity contribution is 7.99. The van der Waals surface area contributed by atoms with Gasteiger partial charge in [0, 0.05) is 36.2 Å². The summed E-state index contributed by atoms with van der Waals surface area (Å²) < 4.78 is 7.34. The van der Waals surface area contributed by atoms with Crippen LogP contribution in [-0.4, -0.2) is 32.9 Å². The van der Waals surface area contributed by atoms with E-state index in [2.05, 4.69) is 16.7 Å². The van der Waals surface area contributed by atoms with E-state index in [1.54, 1.807) is 31.1 Å². The van der Waals surface area contributed by atoms with E-state index in [0.29, 0.717) is 6.61 Å². The Morgan fingerprint density at radius 2 is 2.04 bits per heavy atom. The Morgan fingerprint density at radius 3 is 2.76 bits per heavy atom. The number of benzene rings is 1. The van der Waals surface area contributed by atoms with Crippen LogP contribution in [0.1, 0.15) is 18.5 Å². The van der Waals surface area contributed by atoms with Gasteiger partial charge in [-0.15, -0.1) is 0 Å². The standard InChI is InChI=1S/C19H19N3O2S/c1-2-24-19(23)21-10-8-15(9-11-21)17-16(14-6-4-3-5-7-14)20-18-22(17)12-13-25-18/h3-11,15H,2,12-13H2,1H3. The number of rotatable bonds is 3. The summed E-state index contributed by atoms with van der Waals surface area (Å²) in [7, 11) is 0. The van der Waals surface area contributed by atoms with Crippen molar-refractivity contribution in [3.05, 3.63) is 60.6 Å². The van der Waals surface area contributed by atoms with Crippen LogP contribution in [0.25, 0.3) is 11.3 Å². The van der Waals surface area contributed by atoms with Gasteiger partial charge in [0.1, 0.15) is 0 Å². The Bertz CT molecular complexity index is 828. The van der Waals surface area contributed by atoms with E-state index in [1.807, 2.05) is 30.4 Å². The number of thioether (sulfide) groups is 1. The van der Waals surface area contributed by atoms with E-state index in [4.69, 9.17) is 9.72 Å². The summed E-state index contributed by atoms with van der Waals surface area (Å²) in [6.07, 6.45) is 7.25. The van der Waals surface area contributed by atoms with Crippen molar-refractivity contribution in [2.45, 2.75) is 24.5 Å². The maximum Gasteiger partial charge on any atom is 0.417 e. The van der Waals surface area contributed by atoms with Gasteiger partial charge in [0.2, 0.25) is 0 Å². The fourth-order valence-electron chi connectivity index (χ4n) is 3.13. The molecule has 0 spiro atoms. The molecule has 0 saturated heterocycles. The van der Waals surface area contributed by atoms with E-state index in [-0.39, 0.29) is 12.0 Å². The number of ether oxygens (including phenoxy) is 1. The van der Waals surface area contributed by atoms with E-state index in [9.17, 15) is 4.79 Å². The van der Waals surface area contributed by atoms with Gasteiger partial charge >= 0.3 is 6.09 Å². The maximum absolute atomic E-state index is 11.8. The zero-order valence-corrected chi connectivity index (χ0v) is 14.8. The fraction of sp³-hybridized carbons (Fsp3) is 0.263. The molecule has 0 unspecified atom stereocenters. The Morgan fingerprint density at radius 1 is 1.28 bits per heavy atom. The van der Waals surface area contributed by atoms with Gasteiger partial charge in [-0.1, -0.05) is 54.2 Å². The van der Waals surface area contributed by atoms with Crippen molar-refractivity contribution in [2.75, 3.05) is 12.4 Å². The summed E-state index contributed by atoms with van der Waals surface area (Å²) in [5.74, 6) is 1.14. The monoisotopic (exact) mass is 353 g/mol. The average molecular weight is 353 g/mol. The van der Waals surface area contributed by atoms with Crippen molar-refractivity contribution in [3.63, 3.8) is 0 Å². The number of allylic oxidation sites excluding steroid dienone is 2. The van der Waals surface area contributed by atoms with Gasteiger partial charge in [-0.25, -0.2) is 9.78 Å². The number of amides is 1. The zero-order chi connectivity index (χ0) is 17.2. The van der Waals surface area contributed by atoms with Gasteiger partial charge < -0.3 is 9.30 Å². The molecule has 1 aromatic heterocycles. The minimum atomic E-state index is -0.356. The molecule has 0 atom stereocenters. The van der Waals surface area contributed by atoms with Crippen molar-refractivity contribution in [1.82, 2.24) is 14.5 Å². The molecule has 25 heavy (non-hydrogen) atoms. The summed E-state index contributed by atoms with van der Waals surface area (Å²) in [4.78, 5) is 18.2. The second-order valence-corrected chi connectivity index (χ2v) is 6.87. The lowest BCUT2D eigenvalue weighted by Gasteiger charge is -2.21. The largest absolute Gasteiger partial charge is 0.449 e. The third kappa shape index (κ3) is 2.98. The van der Waals surface area contributed by atoms with Crippen LogP contribution in [0, 0.1) is 0 Å². The molecule has 0 radical (unpaired) electrons. The minimum absolute atomic E-state index is 0.0841. The topological polar surface area (TPSA) is 47.4 Å². The first-order valence-electron chi connectivity index (χ1n) is 8.38. The molecule has 0 aliphatic carbocycles. The van der Waals surface area contributed by atoms with Crippen molar-refractivity contribution >= 4 is 17.9 Å². The first-order valence-corrected chi connectivity index (χ1v) is 9.37. The van der Waals surface area contributed by atoms with Gasteiger partial charge in [0.05, 0.1) is 18.0 Å². The van der Waals surface area contributed by atoms with Gasteiger partial charge in [-0.3, -0.25) is 4.90 Å². The van der Waals surface area contributed by atoms with Gasteiger partial charge in [0.15, 0.2) is 5.16 Å². The molecule has 2 aliphatic heterocycles. The molecule has 128 valence electrons. The number of nitrogens with zero attached hydrogens (tertiary/aromatic N) is 3. The second-order valence-electron chi connectivity index (χ2n) is 5.81. The Labute approximate surface area is 151 Å². The highest BCUT2D eigenvalue weighted by atomic mass is 32.2. The molecule has 2 aliphatic rings. The third-order valence-corrected chi connectivity index (χ3v) is 5.22. The quantitative estimate of drug-likeness (QED) is 0.828. The molecule has 0 fully saturated rings. The number of hydrogen-bond donors (Lipinski definition) is 0. The number of carbonyl (C=O) groups excluding carboxylic acids is 1. The molecule has 1 amide bonds. The van der Waals surface area contributed by atoms with Crippen LogP contribution in [0.15, 0.2) is 60.0 Å². The molecule has 4 rings (SSSR count). The van der Waals surface area contributed by atoms with Gasteiger partial charge in [0.25, 0.3) is 0 Å². The average Bonchev–Trinajstić information content (AvgIpc) is 3.24. The number of imidazole rings is 1. The molecule has 0 N–H and O–H groups in total. The Hall–Kier alpha value is -2.47. The molecule has 2 aromatic rings. The number of aromatic nitrogens is 2. The summed E-state index contributed by atoms with van der Waals surface area (Å²) in [6, 6.07) is 10.3. The summed E-state index contributed by atoms with van der Waals surface area (Å²) >= 11 is 1.79. The van der Waals surface area contributed by atoms with E-state index >= 15 is 0 Å². The SMILES string of the molecule is CCOC(=O)N1C=CC(c2c(-c3ccccc3)nc3n2CCS3)C=C1. The van der Waals surface area contributed by atoms with E-state index in [1.165, 1.54) is 10.6 Å². The predicted molar refractivity (Wildman–Crippen MR) is 98.3 cm³/mol. The van der Waals surface area contributed by atoms with E-state index in [0.717, 1.165) is 28.7 Å². The summed E-state index contributed by atoms with van der Waals surface area (Å²) in [5.41, 5.74) is 3.32. The maximum atomic E-state index is 11.8. The first-order chi connectivity index (χ1) is 12.3. The molecule has 0 bridgehead atoms. The van der Waals surface area contributed by atoms with Crippen LogP contribution in [0.3, 0.4) is 0 Å². The Balaban J connectivity index is 1.68. The normalized spacial score (nSPS) is 16.3. The number of hydrogen-bond acceptors (Lipinski definition) is 4. The fourth-order valence-corrected chi connectivity index (χ4v) is 4.09. The van der Waals surface area contributed by atoms with Gasteiger partial charge in [-0.05, 0) is 6.92 Å². The summed E-state index contributed by atoms with van der Waals surface area (Å²) in [5, 5.41) is 1.07. The number of carbonyl (C=O) groups is 1. The lowest BCUT2D eigenvalue weighted by atomic mass is 9.98. The van der Waals surface area contributed by atoms with Crippen LogP contribution in [0.2, 0.25) is 0 Å². The molecule has 6 heteroatoms. The molecular weight excluding hydrogens is 334 g/mol. The van der Waals surface area contributed by atoms with Crippen LogP contribution >= 0.6 is 11.8 Å². The minimum Gasteiger partial charge on any atom is -0.449 e. The van der Waals surface area contributed by atoms with Crippen LogP contribution in [-0.2, 0) is 11.3 Å². The third-order valence-electron chi connectivity index (χ3n) is 4.27. The predicted octanol–water partition coefficient (Wildman–Crippen LogP) is 4.24. The van der Waals surface area contributed by atoms with Crippen LogP contribution in [0.5, 0.6) is 0 Å². The summed E-state index contributed by atoms with van der Waals surface area (Å²) in [6.45, 7) is 3.14.